The molecule has 0 radical (unpaired) electrons. The molecule has 0 saturated heterocycles. The normalized spacial score (nSPS) is 11.2. The predicted molar refractivity (Wildman–Crippen MR) is 103 cm³/mol. The number of amides is 3. The number of ether oxygens (including phenoxy) is 1. The molecule has 0 atom stereocenters. The second kappa shape index (κ2) is 11.0. The van der Waals surface area contributed by atoms with Crippen LogP contribution in [0.25, 0.3) is 0 Å². The molecule has 0 aliphatic rings. The molecule has 3 amide bonds. The van der Waals surface area contributed by atoms with Gasteiger partial charge in [-0.05, 0) is 18.0 Å². The number of aliphatic hydroxyl groups excluding tert-OH is 1. The van der Waals surface area contributed by atoms with Gasteiger partial charge in [0.1, 0.15) is 10.6 Å². The Labute approximate surface area is 158 Å². The van der Waals surface area contributed by atoms with Crippen LogP contribution in [0.1, 0.15) is 63.2 Å². The number of carbonyl (C=O) groups is 2. The van der Waals surface area contributed by atoms with E-state index in [-0.39, 0.29) is 29.6 Å². The van der Waals surface area contributed by atoms with Crippen molar-refractivity contribution >= 4 is 28.5 Å². The maximum Gasteiger partial charge on any atom is 0.319 e. The SMILES string of the molecule is CCCCCCCOc1nsc(NC(=O)NCC(C)(C)CO)c1C(N)=O. The van der Waals surface area contributed by atoms with Crippen LogP contribution in [0.5, 0.6) is 5.88 Å². The molecule has 0 fully saturated rings. The third kappa shape index (κ3) is 7.57. The predicted octanol–water partition coefficient (Wildman–Crippen LogP) is 2.73. The quantitative estimate of drug-likeness (QED) is 0.411. The lowest BCUT2D eigenvalue weighted by atomic mass is 9.95. The Morgan fingerprint density at radius 3 is 2.58 bits per heavy atom. The first-order valence-electron chi connectivity index (χ1n) is 8.88. The zero-order valence-electron chi connectivity index (χ0n) is 15.8. The molecule has 1 aromatic rings. The van der Waals surface area contributed by atoms with Gasteiger partial charge in [0.25, 0.3) is 5.91 Å². The van der Waals surface area contributed by atoms with Crippen LogP contribution in [0.3, 0.4) is 0 Å². The number of aromatic nitrogens is 1. The molecule has 0 aliphatic heterocycles. The summed E-state index contributed by atoms with van der Waals surface area (Å²) in [5.74, 6) is -0.547. The van der Waals surface area contributed by atoms with Crippen LogP contribution in [0.15, 0.2) is 0 Å². The van der Waals surface area contributed by atoms with Gasteiger partial charge in [0.15, 0.2) is 0 Å². The van der Waals surface area contributed by atoms with Gasteiger partial charge in [0.2, 0.25) is 5.88 Å². The van der Waals surface area contributed by atoms with Crippen LogP contribution in [0.4, 0.5) is 9.80 Å². The van der Waals surface area contributed by atoms with Gasteiger partial charge in [-0.25, -0.2) is 4.79 Å². The Morgan fingerprint density at radius 2 is 1.96 bits per heavy atom. The van der Waals surface area contributed by atoms with Crippen LogP contribution in [-0.2, 0) is 0 Å². The van der Waals surface area contributed by atoms with Crippen molar-refractivity contribution in [3.05, 3.63) is 5.56 Å². The van der Waals surface area contributed by atoms with Crippen molar-refractivity contribution in [3.8, 4) is 5.88 Å². The average molecular weight is 387 g/mol. The fraction of sp³-hybridized carbons (Fsp3) is 0.706. The fourth-order valence-electron chi connectivity index (χ4n) is 2.07. The summed E-state index contributed by atoms with van der Waals surface area (Å²) in [5, 5.41) is 14.7. The number of aliphatic hydroxyl groups is 1. The molecule has 26 heavy (non-hydrogen) atoms. The molecule has 148 valence electrons. The van der Waals surface area contributed by atoms with Gasteiger partial charge in [-0.2, -0.15) is 4.37 Å². The van der Waals surface area contributed by atoms with Gasteiger partial charge in [0.05, 0.1) is 6.61 Å². The highest BCUT2D eigenvalue weighted by atomic mass is 32.1. The molecular weight excluding hydrogens is 356 g/mol. The minimum atomic E-state index is -0.703. The lowest BCUT2D eigenvalue weighted by Gasteiger charge is -2.21. The molecule has 0 bridgehead atoms. The molecule has 0 saturated carbocycles. The van der Waals surface area contributed by atoms with Crippen molar-refractivity contribution in [2.75, 3.05) is 25.1 Å². The summed E-state index contributed by atoms with van der Waals surface area (Å²) in [6.45, 7) is 6.46. The van der Waals surface area contributed by atoms with E-state index >= 15 is 0 Å². The van der Waals surface area contributed by atoms with Gasteiger partial charge >= 0.3 is 6.03 Å². The van der Waals surface area contributed by atoms with Crippen molar-refractivity contribution in [2.45, 2.75) is 52.9 Å². The first kappa shape index (κ1) is 22.2. The minimum absolute atomic E-state index is 0.0589. The Bertz CT molecular complexity index is 589. The van der Waals surface area contributed by atoms with Crippen LogP contribution >= 0.6 is 11.5 Å². The van der Waals surface area contributed by atoms with E-state index < -0.39 is 17.4 Å². The number of unbranched alkanes of at least 4 members (excludes halogenated alkanes) is 4. The van der Waals surface area contributed by atoms with Crippen molar-refractivity contribution in [3.63, 3.8) is 0 Å². The standard InChI is InChI=1S/C17H30N4O4S/c1-4-5-6-7-8-9-25-14-12(13(18)23)15(26-21-14)20-16(24)19-10-17(2,3)11-22/h22H,4-11H2,1-3H3,(H2,18,23)(H2,19,20,24). The van der Waals surface area contributed by atoms with E-state index in [9.17, 15) is 14.7 Å². The third-order valence-corrected chi connectivity index (χ3v) is 4.52. The van der Waals surface area contributed by atoms with Crippen molar-refractivity contribution in [2.24, 2.45) is 11.1 Å². The van der Waals surface area contributed by atoms with Crippen molar-refractivity contribution < 1.29 is 19.4 Å². The highest BCUT2D eigenvalue weighted by Gasteiger charge is 2.23. The number of rotatable bonds is 12. The van der Waals surface area contributed by atoms with Gasteiger partial charge < -0.3 is 20.9 Å². The summed E-state index contributed by atoms with van der Waals surface area (Å²) in [4.78, 5) is 23.7. The van der Waals surface area contributed by atoms with E-state index in [1.54, 1.807) is 0 Å². The number of hydrogen-bond acceptors (Lipinski definition) is 6. The Balaban J connectivity index is 2.59. The van der Waals surface area contributed by atoms with Gasteiger partial charge in [-0.15, -0.1) is 0 Å². The largest absolute Gasteiger partial charge is 0.476 e. The maximum absolute atomic E-state index is 12.0. The van der Waals surface area contributed by atoms with Crippen LogP contribution in [0, 0.1) is 5.41 Å². The monoisotopic (exact) mass is 386 g/mol. The molecule has 1 aromatic heterocycles. The van der Waals surface area contributed by atoms with Crippen molar-refractivity contribution in [1.29, 1.82) is 0 Å². The molecule has 8 nitrogen and oxygen atoms in total. The number of nitrogens with zero attached hydrogens (tertiary/aromatic N) is 1. The van der Waals surface area contributed by atoms with Crippen LogP contribution in [-0.4, -0.2) is 41.2 Å². The second-order valence-electron chi connectivity index (χ2n) is 6.95. The second-order valence-corrected chi connectivity index (χ2v) is 7.72. The summed E-state index contributed by atoms with van der Waals surface area (Å²) >= 11 is 0.947. The Morgan fingerprint density at radius 1 is 1.27 bits per heavy atom. The van der Waals surface area contributed by atoms with E-state index in [1.807, 2.05) is 13.8 Å². The number of nitrogens with one attached hydrogen (secondary N) is 2. The third-order valence-electron chi connectivity index (χ3n) is 3.78. The van der Waals surface area contributed by atoms with E-state index in [2.05, 4.69) is 21.9 Å². The van der Waals surface area contributed by atoms with Crippen LogP contribution < -0.4 is 21.1 Å². The molecule has 1 heterocycles. The Hall–Kier alpha value is -1.87. The number of carbonyl (C=O) groups excluding carboxylic acids is 2. The highest BCUT2D eigenvalue weighted by molar-refractivity contribution is 7.11. The van der Waals surface area contributed by atoms with Crippen molar-refractivity contribution in [1.82, 2.24) is 9.69 Å². The lowest BCUT2D eigenvalue weighted by Crippen LogP contribution is -2.38. The van der Waals surface area contributed by atoms with Gasteiger partial charge in [-0.1, -0.05) is 46.5 Å². The molecule has 9 heteroatoms. The summed E-state index contributed by atoms with van der Waals surface area (Å²) in [6.07, 6.45) is 5.44. The Kier molecular flexibility index (Phi) is 9.36. The molecule has 0 unspecified atom stereocenters. The lowest BCUT2D eigenvalue weighted by molar-refractivity contribution is 0.0997. The molecule has 0 aromatic carbocycles. The van der Waals surface area contributed by atoms with E-state index in [0.29, 0.717) is 6.61 Å². The summed E-state index contributed by atoms with van der Waals surface area (Å²) in [5.41, 5.74) is 5.06. The smallest absolute Gasteiger partial charge is 0.319 e. The number of nitrogens with two attached hydrogens (primary N) is 1. The average Bonchev–Trinajstić information content (AvgIpc) is 2.99. The number of primary amides is 1. The topological polar surface area (TPSA) is 127 Å². The van der Waals surface area contributed by atoms with Crippen LogP contribution in [0.2, 0.25) is 0 Å². The first-order chi connectivity index (χ1) is 12.3. The molecule has 0 spiro atoms. The summed E-state index contributed by atoms with van der Waals surface area (Å²) < 4.78 is 9.65. The molecular formula is C17H30N4O4S. The molecule has 0 aliphatic carbocycles. The van der Waals surface area contributed by atoms with Gasteiger partial charge in [-0.3, -0.25) is 10.1 Å². The highest BCUT2D eigenvalue weighted by Crippen LogP contribution is 2.30. The minimum Gasteiger partial charge on any atom is -0.476 e. The zero-order chi connectivity index (χ0) is 19.6. The molecule has 5 N–H and O–H groups in total. The van der Waals surface area contributed by atoms with E-state index in [4.69, 9.17) is 10.5 Å². The number of urea groups is 1. The number of anilines is 1. The number of hydrogen-bond donors (Lipinski definition) is 4. The fourth-order valence-corrected chi connectivity index (χ4v) is 2.81. The first-order valence-corrected chi connectivity index (χ1v) is 9.66. The zero-order valence-corrected chi connectivity index (χ0v) is 16.6. The summed E-state index contributed by atoms with van der Waals surface area (Å²) in [6, 6.07) is -0.496. The van der Waals surface area contributed by atoms with E-state index in [1.165, 1.54) is 12.8 Å². The van der Waals surface area contributed by atoms with Gasteiger partial charge in [0, 0.05) is 18.6 Å². The maximum atomic E-state index is 12.0. The molecule has 1 rings (SSSR count). The van der Waals surface area contributed by atoms with E-state index in [0.717, 1.165) is 30.8 Å². The summed E-state index contributed by atoms with van der Waals surface area (Å²) in [7, 11) is 0.